The molecule has 0 aromatic heterocycles. The average molecular weight is 368 g/mol. The highest BCUT2D eigenvalue weighted by Crippen LogP contribution is 2.22. The van der Waals surface area contributed by atoms with Crippen LogP contribution in [0.3, 0.4) is 0 Å². The van der Waals surface area contributed by atoms with E-state index in [0.29, 0.717) is 6.54 Å². The van der Waals surface area contributed by atoms with Gasteiger partial charge in [0, 0.05) is 19.6 Å². The van der Waals surface area contributed by atoms with Crippen molar-refractivity contribution in [1.29, 1.82) is 0 Å². The van der Waals surface area contributed by atoms with Crippen molar-refractivity contribution in [3.05, 3.63) is 71.3 Å². The molecule has 1 aliphatic rings. The first-order valence-electron chi connectivity index (χ1n) is 9.61. The Hall–Kier alpha value is -2.37. The van der Waals surface area contributed by atoms with Crippen LogP contribution in [0, 0.1) is 0 Å². The van der Waals surface area contributed by atoms with Gasteiger partial charge in [0.25, 0.3) is 0 Å². The van der Waals surface area contributed by atoms with Crippen LogP contribution < -0.4 is 5.32 Å². The van der Waals surface area contributed by atoms with Crippen LogP contribution >= 0.6 is 0 Å². The molecule has 0 radical (unpaired) electrons. The highest BCUT2D eigenvalue weighted by molar-refractivity contribution is 5.67. The molecule has 5 heteroatoms. The van der Waals surface area contributed by atoms with Crippen molar-refractivity contribution in [2.75, 3.05) is 32.8 Å². The van der Waals surface area contributed by atoms with Crippen LogP contribution in [-0.2, 0) is 22.5 Å². The normalized spacial score (nSPS) is 15.9. The number of morpholine rings is 1. The minimum atomic E-state index is -0.387. The van der Waals surface area contributed by atoms with Gasteiger partial charge in [-0.3, -0.25) is 4.90 Å². The van der Waals surface area contributed by atoms with E-state index in [1.807, 2.05) is 30.3 Å². The van der Waals surface area contributed by atoms with Gasteiger partial charge in [0.05, 0.1) is 19.3 Å². The molecule has 1 atom stereocenters. The molecule has 2 aromatic carbocycles. The van der Waals surface area contributed by atoms with E-state index in [1.54, 1.807) is 0 Å². The van der Waals surface area contributed by atoms with Gasteiger partial charge in [-0.15, -0.1) is 0 Å². The summed E-state index contributed by atoms with van der Waals surface area (Å²) in [6.45, 7) is 6.11. The third-order valence-electron chi connectivity index (χ3n) is 4.91. The van der Waals surface area contributed by atoms with Crippen LogP contribution in [0.1, 0.15) is 29.7 Å². The molecule has 1 amide bonds. The molecule has 1 fully saturated rings. The standard InChI is InChI=1S/C22H28N2O3/c1-2-18-8-10-20(11-9-18)21(24-12-14-26-15-13-24)16-23-22(25)27-17-19-6-4-3-5-7-19/h3-11,21H,2,12-17H2,1H3,(H,23,25). The zero-order valence-electron chi connectivity index (χ0n) is 15.9. The average Bonchev–Trinajstić information content (AvgIpc) is 2.74. The number of hydrogen-bond donors (Lipinski definition) is 1. The zero-order chi connectivity index (χ0) is 18.9. The first-order valence-corrected chi connectivity index (χ1v) is 9.61. The minimum absolute atomic E-state index is 0.115. The van der Waals surface area contributed by atoms with Gasteiger partial charge in [0.1, 0.15) is 6.61 Å². The Bertz CT molecular complexity index is 697. The van der Waals surface area contributed by atoms with E-state index in [9.17, 15) is 4.79 Å². The number of nitrogens with one attached hydrogen (secondary N) is 1. The highest BCUT2D eigenvalue weighted by atomic mass is 16.5. The van der Waals surface area contributed by atoms with Gasteiger partial charge in [-0.05, 0) is 23.1 Å². The fraction of sp³-hybridized carbons (Fsp3) is 0.409. The van der Waals surface area contributed by atoms with E-state index >= 15 is 0 Å². The fourth-order valence-electron chi connectivity index (χ4n) is 3.28. The molecule has 27 heavy (non-hydrogen) atoms. The summed E-state index contributed by atoms with van der Waals surface area (Å²) in [6, 6.07) is 18.5. The number of ether oxygens (including phenoxy) is 2. The molecule has 0 saturated carbocycles. The molecule has 3 rings (SSSR count). The summed E-state index contributed by atoms with van der Waals surface area (Å²) in [4.78, 5) is 14.5. The smallest absolute Gasteiger partial charge is 0.407 e. The predicted molar refractivity (Wildman–Crippen MR) is 106 cm³/mol. The molecule has 2 aromatic rings. The van der Waals surface area contributed by atoms with Crippen molar-refractivity contribution in [2.45, 2.75) is 26.0 Å². The second-order valence-electron chi connectivity index (χ2n) is 6.70. The van der Waals surface area contributed by atoms with Crippen LogP contribution in [0.4, 0.5) is 4.79 Å². The van der Waals surface area contributed by atoms with Gasteiger partial charge in [0.15, 0.2) is 0 Å². The highest BCUT2D eigenvalue weighted by Gasteiger charge is 2.23. The molecular weight excluding hydrogens is 340 g/mol. The third-order valence-corrected chi connectivity index (χ3v) is 4.91. The maximum absolute atomic E-state index is 12.2. The molecule has 1 heterocycles. The summed E-state index contributed by atoms with van der Waals surface area (Å²) >= 11 is 0. The molecule has 0 bridgehead atoms. The summed E-state index contributed by atoms with van der Waals surface area (Å²) in [6.07, 6.45) is 0.634. The van der Waals surface area contributed by atoms with Crippen molar-refractivity contribution >= 4 is 6.09 Å². The number of carbonyl (C=O) groups excluding carboxylic acids is 1. The molecule has 1 N–H and O–H groups in total. The molecule has 5 nitrogen and oxygen atoms in total. The van der Waals surface area contributed by atoms with Crippen LogP contribution in [0.5, 0.6) is 0 Å². The van der Waals surface area contributed by atoms with Gasteiger partial charge in [-0.2, -0.15) is 0 Å². The Morgan fingerprint density at radius 2 is 1.78 bits per heavy atom. The van der Waals surface area contributed by atoms with E-state index in [0.717, 1.165) is 38.3 Å². The number of amides is 1. The number of nitrogens with zero attached hydrogens (tertiary/aromatic N) is 1. The number of benzene rings is 2. The van der Waals surface area contributed by atoms with Crippen LogP contribution in [0.15, 0.2) is 54.6 Å². The molecule has 144 valence electrons. The first kappa shape index (κ1) is 19.4. The summed E-state index contributed by atoms with van der Waals surface area (Å²) in [7, 11) is 0. The first-order chi connectivity index (χ1) is 13.3. The molecule has 1 saturated heterocycles. The zero-order valence-corrected chi connectivity index (χ0v) is 15.9. The van der Waals surface area contributed by atoms with Crippen molar-refractivity contribution < 1.29 is 14.3 Å². The Kier molecular flexibility index (Phi) is 7.25. The van der Waals surface area contributed by atoms with Crippen LogP contribution in [0.25, 0.3) is 0 Å². The monoisotopic (exact) mass is 368 g/mol. The topological polar surface area (TPSA) is 50.8 Å². The number of aryl methyl sites for hydroxylation is 1. The van der Waals surface area contributed by atoms with Gasteiger partial charge in [-0.1, -0.05) is 61.5 Å². The summed E-state index contributed by atoms with van der Waals surface area (Å²) in [5.41, 5.74) is 3.50. The lowest BCUT2D eigenvalue weighted by Gasteiger charge is -2.34. The van der Waals surface area contributed by atoms with E-state index in [1.165, 1.54) is 11.1 Å². The Morgan fingerprint density at radius 1 is 1.07 bits per heavy atom. The fourth-order valence-corrected chi connectivity index (χ4v) is 3.28. The molecule has 0 spiro atoms. The predicted octanol–water partition coefficient (Wildman–Crippen LogP) is 3.55. The number of carbonyl (C=O) groups is 1. The SMILES string of the molecule is CCc1ccc(C(CNC(=O)OCc2ccccc2)N2CCOCC2)cc1. The van der Waals surface area contributed by atoms with E-state index < -0.39 is 0 Å². The maximum atomic E-state index is 12.2. The van der Waals surface area contributed by atoms with Gasteiger partial charge < -0.3 is 14.8 Å². The third kappa shape index (κ3) is 5.81. The van der Waals surface area contributed by atoms with Gasteiger partial charge in [-0.25, -0.2) is 4.79 Å². The van der Waals surface area contributed by atoms with Gasteiger partial charge >= 0.3 is 6.09 Å². The number of hydrogen-bond acceptors (Lipinski definition) is 4. The van der Waals surface area contributed by atoms with Crippen LogP contribution in [-0.4, -0.2) is 43.8 Å². The van der Waals surface area contributed by atoms with E-state index in [4.69, 9.17) is 9.47 Å². The van der Waals surface area contributed by atoms with Crippen molar-refractivity contribution in [3.63, 3.8) is 0 Å². The summed E-state index contributed by atoms with van der Waals surface area (Å²) < 4.78 is 10.8. The van der Waals surface area contributed by atoms with Crippen molar-refractivity contribution in [3.8, 4) is 0 Å². The van der Waals surface area contributed by atoms with Crippen molar-refractivity contribution in [2.24, 2.45) is 0 Å². The summed E-state index contributed by atoms with van der Waals surface area (Å²) in [5, 5.41) is 2.93. The van der Waals surface area contributed by atoms with Gasteiger partial charge in [0.2, 0.25) is 0 Å². The van der Waals surface area contributed by atoms with E-state index in [-0.39, 0.29) is 18.7 Å². The number of rotatable bonds is 7. The Balaban J connectivity index is 1.59. The lowest BCUT2D eigenvalue weighted by molar-refractivity contribution is 0.0159. The lowest BCUT2D eigenvalue weighted by Crippen LogP contribution is -2.43. The molecule has 0 aliphatic carbocycles. The molecule has 1 aliphatic heterocycles. The minimum Gasteiger partial charge on any atom is -0.445 e. The second-order valence-corrected chi connectivity index (χ2v) is 6.70. The quantitative estimate of drug-likeness (QED) is 0.812. The lowest BCUT2D eigenvalue weighted by atomic mass is 10.0. The molecular formula is C22H28N2O3. The van der Waals surface area contributed by atoms with Crippen LogP contribution in [0.2, 0.25) is 0 Å². The summed E-state index contributed by atoms with van der Waals surface area (Å²) in [5.74, 6) is 0. The maximum Gasteiger partial charge on any atom is 0.407 e. The van der Waals surface area contributed by atoms with E-state index in [2.05, 4.69) is 41.4 Å². The Morgan fingerprint density at radius 3 is 2.44 bits per heavy atom. The Labute approximate surface area is 161 Å². The largest absolute Gasteiger partial charge is 0.445 e. The number of alkyl carbamates (subject to hydrolysis) is 1. The molecule has 1 unspecified atom stereocenters. The second kappa shape index (κ2) is 10.1. The van der Waals surface area contributed by atoms with Crippen molar-refractivity contribution in [1.82, 2.24) is 10.2 Å².